The van der Waals surface area contributed by atoms with Crippen molar-refractivity contribution in [2.75, 3.05) is 33.7 Å². The summed E-state index contributed by atoms with van der Waals surface area (Å²) >= 11 is 0. The number of likely N-dealkylation sites (N-methyl/N-ethyl adjacent to an activating group) is 2. The van der Waals surface area contributed by atoms with Crippen LogP contribution in [0.15, 0.2) is 0 Å². The third-order valence-electron chi connectivity index (χ3n) is 2.45. The zero-order chi connectivity index (χ0) is 8.43. The molecule has 0 saturated carbocycles. The van der Waals surface area contributed by atoms with Crippen LogP contribution in [0.5, 0.6) is 0 Å². The second-order valence-electron chi connectivity index (χ2n) is 3.45. The number of nitrogens with zero attached hydrogens (tertiary/aromatic N) is 2. The van der Waals surface area contributed by atoms with Crippen molar-refractivity contribution in [3.05, 3.63) is 0 Å². The minimum atomic E-state index is -0.162. The lowest BCUT2D eigenvalue weighted by Gasteiger charge is -2.21. The smallest absolute Gasteiger partial charge is 0.0834 e. The maximum absolute atomic E-state index is 9.58. The van der Waals surface area contributed by atoms with Crippen molar-refractivity contribution in [1.82, 2.24) is 9.80 Å². The summed E-state index contributed by atoms with van der Waals surface area (Å²) in [6.07, 6.45) is -0.162. The van der Waals surface area contributed by atoms with Gasteiger partial charge in [0.15, 0.2) is 0 Å². The Kier molecular flexibility index (Phi) is 2.87. The molecule has 66 valence electrons. The number of rotatable bonds is 2. The van der Waals surface area contributed by atoms with E-state index in [1.54, 1.807) is 0 Å². The number of β-amino-alcohol motifs (C(OH)–C–C–N with tert-alkyl or cyclic N) is 1. The third-order valence-corrected chi connectivity index (χ3v) is 2.45. The molecule has 0 amide bonds. The Morgan fingerprint density at radius 2 is 2.09 bits per heavy atom. The van der Waals surface area contributed by atoms with Gasteiger partial charge in [-0.25, -0.2) is 0 Å². The molecule has 0 radical (unpaired) electrons. The monoisotopic (exact) mass is 158 g/mol. The van der Waals surface area contributed by atoms with Gasteiger partial charge in [-0.15, -0.1) is 0 Å². The van der Waals surface area contributed by atoms with Gasteiger partial charge in [-0.05, 0) is 20.6 Å². The average molecular weight is 158 g/mol. The summed E-state index contributed by atoms with van der Waals surface area (Å²) in [7, 11) is 4.04. The molecule has 2 atom stereocenters. The molecule has 0 aromatic heterocycles. The fourth-order valence-corrected chi connectivity index (χ4v) is 1.61. The number of hydrogen-bond acceptors (Lipinski definition) is 3. The normalized spacial score (nSPS) is 33.5. The van der Waals surface area contributed by atoms with E-state index in [1.165, 1.54) is 0 Å². The summed E-state index contributed by atoms with van der Waals surface area (Å²) in [5.41, 5.74) is 0. The summed E-state index contributed by atoms with van der Waals surface area (Å²) in [4.78, 5) is 4.37. The predicted molar refractivity (Wildman–Crippen MR) is 45.6 cm³/mol. The van der Waals surface area contributed by atoms with E-state index >= 15 is 0 Å². The van der Waals surface area contributed by atoms with Gasteiger partial charge in [0, 0.05) is 19.1 Å². The molecule has 1 rings (SSSR count). The largest absolute Gasteiger partial charge is 0.390 e. The van der Waals surface area contributed by atoms with Crippen LogP contribution in [-0.4, -0.2) is 60.8 Å². The standard InChI is InChI=1S/C8H18N2O/c1-4-10-5-7(9(2)3)8(11)6-10/h7-8,11H,4-6H2,1-3H3. The van der Waals surface area contributed by atoms with Gasteiger partial charge in [0.05, 0.1) is 6.10 Å². The SMILES string of the molecule is CCN1CC(O)C(N(C)C)C1. The second-order valence-corrected chi connectivity index (χ2v) is 3.45. The number of aliphatic hydroxyl groups is 1. The van der Waals surface area contributed by atoms with Gasteiger partial charge in [-0.1, -0.05) is 6.92 Å². The highest BCUT2D eigenvalue weighted by Crippen LogP contribution is 2.12. The van der Waals surface area contributed by atoms with Crippen LogP contribution in [0.3, 0.4) is 0 Å². The van der Waals surface area contributed by atoms with Crippen LogP contribution >= 0.6 is 0 Å². The highest BCUT2D eigenvalue weighted by atomic mass is 16.3. The van der Waals surface area contributed by atoms with Crippen molar-refractivity contribution in [2.24, 2.45) is 0 Å². The number of likely N-dealkylation sites (tertiary alicyclic amines) is 1. The minimum absolute atomic E-state index is 0.162. The highest BCUT2D eigenvalue weighted by Gasteiger charge is 2.31. The van der Waals surface area contributed by atoms with Crippen LogP contribution in [0.25, 0.3) is 0 Å². The Morgan fingerprint density at radius 3 is 2.36 bits per heavy atom. The quantitative estimate of drug-likeness (QED) is 0.593. The first-order valence-corrected chi connectivity index (χ1v) is 4.22. The predicted octanol–water partition coefficient (Wildman–Crippen LogP) is -0.387. The number of aliphatic hydroxyl groups excluding tert-OH is 1. The van der Waals surface area contributed by atoms with E-state index in [0.717, 1.165) is 19.6 Å². The van der Waals surface area contributed by atoms with Crippen molar-refractivity contribution in [2.45, 2.75) is 19.1 Å². The van der Waals surface area contributed by atoms with Crippen molar-refractivity contribution >= 4 is 0 Å². The van der Waals surface area contributed by atoms with Gasteiger partial charge in [-0.2, -0.15) is 0 Å². The molecule has 1 aliphatic heterocycles. The fourth-order valence-electron chi connectivity index (χ4n) is 1.61. The van der Waals surface area contributed by atoms with Crippen LogP contribution in [-0.2, 0) is 0 Å². The summed E-state index contributed by atoms with van der Waals surface area (Å²) < 4.78 is 0. The Balaban J connectivity index is 2.45. The lowest BCUT2D eigenvalue weighted by Crippen LogP contribution is -2.37. The van der Waals surface area contributed by atoms with Gasteiger partial charge < -0.3 is 10.0 Å². The molecule has 0 spiro atoms. The van der Waals surface area contributed by atoms with Crippen molar-refractivity contribution < 1.29 is 5.11 Å². The lowest BCUT2D eigenvalue weighted by atomic mass is 10.2. The first-order valence-electron chi connectivity index (χ1n) is 4.22. The lowest BCUT2D eigenvalue weighted by molar-refractivity contribution is 0.112. The first-order chi connectivity index (χ1) is 5.15. The molecular weight excluding hydrogens is 140 g/mol. The Morgan fingerprint density at radius 1 is 1.45 bits per heavy atom. The molecule has 1 heterocycles. The summed E-state index contributed by atoms with van der Waals surface area (Å²) in [5, 5.41) is 9.58. The fraction of sp³-hybridized carbons (Fsp3) is 1.00. The molecule has 1 N–H and O–H groups in total. The molecular formula is C8H18N2O. The topological polar surface area (TPSA) is 26.7 Å². The summed E-state index contributed by atoms with van der Waals surface area (Å²) in [5.74, 6) is 0. The van der Waals surface area contributed by atoms with Crippen LogP contribution < -0.4 is 0 Å². The summed E-state index contributed by atoms with van der Waals surface area (Å²) in [6, 6.07) is 0.329. The van der Waals surface area contributed by atoms with Crippen LogP contribution in [0.4, 0.5) is 0 Å². The van der Waals surface area contributed by atoms with E-state index in [1.807, 2.05) is 14.1 Å². The second kappa shape index (κ2) is 3.52. The van der Waals surface area contributed by atoms with Crippen molar-refractivity contribution in [3.63, 3.8) is 0 Å². The maximum Gasteiger partial charge on any atom is 0.0834 e. The Hall–Kier alpha value is -0.120. The first kappa shape index (κ1) is 8.97. The van der Waals surface area contributed by atoms with Crippen LogP contribution in [0, 0.1) is 0 Å². The zero-order valence-corrected chi connectivity index (χ0v) is 7.62. The van der Waals surface area contributed by atoms with Gasteiger partial charge in [0.1, 0.15) is 0 Å². The molecule has 1 fully saturated rings. The molecule has 0 aliphatic carbocycles. The molecule has 0 bridgehead atoms. The van der Waals surface area contributed by atoms with Gasteiger partial charge in [-0.3, -0.25) is 4.90 Å². The Labute approximate surface area is 68.6 Å². The highest BCUT2D eigenvalue weighted by molar-refractivity contribution is 4.88. The van der Waals surface area contributed by atoms with E-state index < -0.39 is 0 Å². The minimum Gasteiger partial charge on any atom is -0.390 e. The van der Waals surface area contributed by atoms with Crippen LogP contribution in [0.1, 0.15) is 6.92 Å². The molecule has 11 heavy (non-hydrogen) atoms. The van der Waals surface area contributed by atoms with E-state index in [9.17, 15) is 5.11 Å². The van der Waals surface area contributed by atoms with Gasteiger partial charge in [0.2, 0.25) is 0 Å². The third kappa shape index (κ3) is 1.92. The zero-order valence-electron chi connectivity index (χ0n) is 7.62. The molecule has 1 saturated heterocycles. The number of hydrogen-bond donors (Lipinski definition) is 1. The van der Waals surface area contributed by atoms with Crippen molar-refractivity contribution in [1.29, 1.82) is 0 Å². The molecule has 1 aliphatic rings. The maximum atomic E-state index is 9.58. The van der Waals surface area contributed by atoms with E-state index in [-0.39, 0.29) is 6.10 Å². The van der Waals surface area contributed by atoms with Gasteiger partial charge in [0.25, 0.3) is 0 Å². The molecule has 0 aromatic rings. The Bertz CT molecular complexity index is 127. The average Bonchev–Trinajstić information content (AvgIpc) is 2.30. The van der Waals surface area contributed by atoms with E-state index in [2.05, 4.69) is 16.7 Å². The van der Waals surface area contributed by atoms with Crippen LogP contribution in [0.2, 0.25) is 0 Å². The van der Waals surface area contributed by atoms with Gasteiger partial charge >= 0.3 is 0 Å². The molecule has 0 aromatic carbocycles. The molecule has 3 heteroatoms. The summed E-state index contributed by atoms with van der Waals surface area (Å²) in [6.45, 7) is 5.01. The van der Waals surface area contributed by atoms with Crippen molar-refractivity contribution in [3.8, 4) is 0 Å². The molecule has 2 unspecified atom stereocenters. The van der Waals surface area contributed by atoms with E-state index in [4.69, 9.17) is 0 Å². The van der Waals surface area contributed by atoms with E-state index in [0.29, 0.717) is 6.04 Å². The molecule has 3 nitrogen and oxygen atoms in total.